The van der Waals surface area contributed by atoms with E-state index in [4.69, 9.17) is 5.11 Å². The molecule has 0 aliphatic heterocycles. The van der Waals surface area contributed by atoms with Crippen LogP contribution in [-0.4, -0.2) is 23.3 Å². The van der Waals surface area contributed by atoms with Crippen molar-refractivity contribution < 1.29 is 13.5 Å². The zero-order valence-electron chi connectivity index (χ0n) is 10.6. The first-order chi connectivity index (χ1) is 8.96. The number of sulfonamides is 1. The minimum Gasteiger partial charge on any atom is -0.391 e. The van der Waals surface area contributed by atoms with Gasteiger partial charge in [0.15, 0.2) is 0 Å². The highest BCUT2D eigenvalue weighted by Gasteiger charge is 2.19. The highest BCUT2D eigenvalue weighted by atomic mass is 32.2. The van der Waals surface area contributed by atoms with Crippen LogP contribution in [0.1, 0.15) is 17.5 Å². The Hall–Kier alpha value is -1.38. The Morgan fingerprint density at radius 3 is 2.84 bits per heavy atom. The molecule has 0 atom stereocenters. The first-order valence-electron chi connectivity index (χ1n) is 5.70. The van der Waals surface area contributed by atoms with Gasteiger partial charge in [-0.05, 0) is 12.5 Å². The van der Waals surface area contributed by atoms with Crippen LogP contribution >= 0.6 is 11.3 Å². The van der Waals surface area contributed by atoms with Gasteiger partial charge in [-0.15, -0.1) is 11.3 Å². The third kappa shape index (κ3) is 2.96. The van der Waals surface area contributed by atoms with Crippen molar-refractivity contribution >= 4 is 27.0 Å². The molecule has 2 aromatic heterocycles. The summed E-state index contributed by atoms with van der Waals surface area (Å²) in [5, 5.41) is 14.7. The maximum Gasteiger partial charge on any atom is 0.262 e. The van der Waals surface area contributed by atoms with E-state index < -0.39 is 10.0 Å². The third-order valence-corrected chi connectivity index (χ3v) is 5.00. The van der Waals surface area contributed by atoms with E-state index in [1.165, 1.54) is 22.8 Å². The first kappa shape index (κ1) is 14.0. The van der Waals surface area contributed by atoms with E-state index in [1.807, 2.05) is 6.92 Å². The quantitative estimate of drug-likeness (QED) is 0.873. The summed E-state index contributed by atoms with van der Waals surface area (Å²) in [6.07, 6.45) is 2.28. The van der Waals surface area contributed by atoms with Crippen molar-refractivity contribution in [3.8, 4) is 0 Å². The zero-order chi connectivity index (χ0) is 14.0. The summed E-state index contributed by atoms with van der Waals surface area (Å²) in [5.74, 6) is 0. The molecule has 8 heteroatoms. The minimum atomic E-state index is -3.63. The zero-order valence-corrected chi connectivity index (χ0v) is 12.3. The van der Waals surface area contributed by atoms with Crippen LogP contribution < -0.4 is 4.72 Å². The highest BCUT2D eigenvalue weighted by molar-refractivity contribution is 7.92. The maximum absolute atomic E-state index is 12.2. The molecule has 2 N–H and O–H groups in total. The number of aliphatic hydroxyl groups is 1. The van der Waals surface area contributed by atoms with Crippen LogP contribution in [0.2, 0.25) is 0 Å². The van der Waals surface area contributed by atoms with Gasteiger partial charge < -0.3 is 5.11 Å². The second-order valence-electron chi connectivity index (χ2n) is 4.03. The minimum absolute atomic E-state index is 0.159. The molecule has 104 valence electrons. The number of nitrogens with one attached hydrogen (secondary N) is 1. The molecule has 2 rings (SSSR count). The molecule has 19 heavy (non-hydrogen) atoms. The Kier molecular flexibility index (Phi) is 3.93. The van der Waals surface area contributed by atoms with Crippen LogP contribution in [0, 0.1) is 0 Å². The fraction of sp³-hybridized carbons (Fsp3) is 0.364. The second kappa shape index (κ2) is 5.32. The molecule has 0 aliphatic rings. The highest BCUT2D eigenvalue weighted by Crippen LogP contribution is 2.23. The molecule has 0 spiro atoms. The molecular weight excluding hydrogens is 286 g/mol. The van der Waals surface area contributed by atoms with E-state index in [1.54, 1.807) is 17.9 Å². The predicted octanol–water partition coefficient (Wildman–Crippen LogP) is 1.34. The fourth-order valence-electron chi connectivity index (χ4n) is 1.67. The fourth-order valence-corrected chi connectivity index (χ4v) is 3.87. The van der Waals surface area contributed by atoms with Crippen molar-refractivity contribution in [1.82, 2.24) is 9.78 Å². The van der Waals surface area contributed by atoms with Gasteiger partial charge in [0.25, 0.3) is 10.0 Å². The lowest BCUT2D eigenvalue weighted by atomic mass is 10.3. The largest absolute Gasteiger partial charge is 0.391 e. The van der Waals surface area contributed by atoms with Gasteiger partial charge in [0.05, 0.1) is 22.9 Å². The van der Waals surface area contributed by atoms with Crippen molar-refractivity contribution in [3.05, 3.63) is 28.2 Å². The van der Waals surface area contributed by atoms with Crippen LogP contribution in [0.15, 0.2) is 22.5 Å². The number of thiophene rings is 1. The molecule has 0 saturated heterocycles. The summed E-state index contributed by atoms with van der Waals surface area (Å²) in [5.41, 5.74) is 1.19. The molecule has 0 amide bonds. The summed E-state index contributed by atoms with van der Waals surface area (Å²) < 4.78 is 28.5. The van der Waals surface area contributed by atoms with E-state index in [0.29, 0.717) is 22.7 Å². The summed E-state index contributed by atoms with van der Waals surface area (Å²) in [4.78, 5) is 0.773. The maximum atomic E-state index is 12.2. The topological polar surface area (TPSA) is 84.2 Å². The average Bonchev–Trinajstić information content (AvgIpc) is 2.95. The van der Waals surface area contributed by atoms with Gasteiger partial charge in [-0.3, -0.25) is 9.40 Å². The van der Waals surface area contributed by atoms with Crippen molar-refractivity contribution in [1.29, 1.82) is 0 Å². The number of nitrogens with zero attached hydrogens (tertiary/aromatic N) is 2. The molecule has 0 saturated carbocycles. The number of aromatic nitrogens is 2. The Morgan fingerprint density at radius 1 is 1.53 bits per heavy atom. The number of aliphatic hydroxyl groups excluding tert-OH is 1. The van der Waals surface area contributed by atoms with Gasteiger partial charge in [-0.1, -0.05) is 6.92 Å². The van der Waals surface area contributed by atoms with Gasteiger partial charge in [0.1, 0.15) is 0 Å². The van der Waals surface area contributed by atoms with Crippen LogP contribution in [-0.2, 0) is 30.1 Å². The Labute approximate surface area is 115 Å². The van der Waals surface area contributed by atoms with Crippen LogP contribution in [0.5, 0.6) is 0 Å². The van der Waals surface area contributed by atoms with Crippen molar-refractivity contribution in [3.63, 3.8) is 0 Å². The summed E-state index contributed by atoms with van der Waals surface area (Å²) in [7, 11) is -1.88. The monoisotopic (exact) mass is 301 g/mol. The lowest BCUT2D eigenvalue weighted by Crippen LogP contribution is -2.12. The molecule has 0 unspecified atom stereocenters. The standard InChI is InChI=1S/C11H15N3O3S2/c1-3-10-11(5-14(2)12-10)13-19(16,17)9-4-8(6-15)18-7-9/h4-5,7,13,15H,3,6H2,1-2H3. The number of rotatable bonds is 5. The summed E-state index contributed by atoms with van der Waals surface area (Å²) >= 11 is 1.21. The van der Waals surface area contributed by atoms with Gasteiger partial charge in [0.2, 0.25) is 0 Å². The molecule has 6 nitrogen and oxygen atoms in total. The predicted molar refractivity (Wildman–Crippen MR) is 73.6 cm³/mol. The summed E-state index contributed by atoms with van der Waals surface area (Å²) in [6.45, 7) is 1.75. The summed E-state index contributed by atoms with van der Waals surface area (Å²) in [6, 6.07) is 1.47. The lowest BCUT2D eigenvalue weighted by molar-refractivity contribution is 0.285. The Bertz CT molecular complexity index is 673. The number of anilines is 1. The molecule has 2 heterocycles. The Morgan fingerprint density at radius 2 is 2.26 bits per heavy atom. The number of aryl methyl sites for hydroxylation is 2. The van der Waals surface area contributed by atoms with E-state index in [0.717, 1.165) is 0 Å². The van der Waals surface area contributed by atoms with E-state index in [-0.39, 0.29) is 11.5 Å². The molecule has 0 fully saturated rings. The van der Waals surface area contributed by atoms with Gasteiger partial charge in [0, 0.05) is 23.5 Å². The number of hydrogen-bond acceptors (Lipinski definition) is 5. The lowest BCUT2D eigenvalue weighted by Gasteiger charge is -2.05. The molecule has 0 bridgehead atoms. The van der Waals surface area contributed by atoms with Crippen molar-refractivity contribution in [2.24, 2.45) is 7.05 Å². The van der Waals surface area contributed by atoms with Gasteiger partial charge >= 0.3 is 0 Å². The Balaban J connectivity index is 2.30. The third-order valence-electron chi connectivity index (χ3n) is 2.58. The molecule has 2 aromatic rings. The van der Waals surface area contributed by atoms with Gasteiger partial charge in [-0.25, -0.2) is 8.42 Å². The normalized spacial score (nSPS) is 11.7. The van der Waals surface area contributed by atoms with Crippen LogP contribution in [0.3, 0.4) is 0 Å². The average molecular weight is 301 g/mol. The SMILES string of the molecule is CCc1nn(C)cc1NS(=O)(=O)c1csc(CO)c1. The number of hydrogen-bond donors (Lipinski definition) is 2. The van der Waals surface area contributed by atoms with Crippen molar-refractivity contribution in [2.75, 3.05) is 4.72 Å². The van der Waals surface area contributed by atoms with E-state index in [2.05, 4.69) is 9.82 Å². The van der Waals surface area contributed by atoms with Crippen LogP contribution in [0.25, 0.3) is 0 Å². The van der Waals surface area contributed by atoms with E-state index >= 15 is 0 Å². The van der Waals surface area contributed by atoms with Crippen LogP contribution in [0.4, 0.5) is 5.69 Å². The second-order valence-corrected chi connectivity index (χ2v) is 6.71. The van der Waals surface area contributed by atoms with E-state index in [9.17, 15) is 8.42 Å². The molecular formula is C11H15N3O3S2. The molecule has 0 radical (unpaired) electrons. The molecule has 0 aromatic carbocycles. The van der Waals surface area contributed by atoms with Crippen molar-refractivity contribution in [2.45, 2.75) is 24.8 Å². The molecule has 0 aliphatic carbocycles. The van der Waals surface area contributed by atoms with Gasteiger partial charge in [-0.2, -0.15) is 5.10 Å². The smallest absolute Gasteiger partial charge is 0.262 e. The first-order valence-corrected chi connectivity index (χ1v) is 8.06.